The van der Waals surface area contributed by atoms with Crippen molar-refractivity contribution in [2.24, 2.45) is 0 Å². The number of pyridine rings is 5. The molecule has 1 N–H and O–H groups in total. The van der Waals surface area contributed by atoms with Crippen LogP contribution in [0.25, 0.3) is 15.9 Å². The number of Topliss-reactive ketones (excluding diaryl/α,β-unsaturated/α-hetero) is 2. The number of aromatic hydroxyl groups is 1. The summed E-state index contributed by atoms with van der Waals surface area (Å²) < 4.78 is 92.1. The summed E-state index contributed by atoms with van der Waals surface area (Å²) in [5, 5.41) is 9.17. The Bertz CT molecular complexity index is 4940. The number of methoxy groups -OCH3 is 16. The van der Waals surface area contributed by atoms with E-state index in [1.54, 1.807) is 120 Å². The van der Waals surface area contributed by atoms with Crippen LogP contribution in [0.15, 0.2) is 159 Å². The number of carbonyl (C=O) groups excluding carboxylic acids is 5. The first kappa shape index (κ1) is 98.4. The van der Waals surface area contributed by atoms with Crippen LogP contribution in [0.4, 0.5) is 5.69 Å². The Labute approximate surface area is 706 Å². The molecule has 636 valence electrons. The molecule has 8 heterocycles. The molecule has 29 nitrogen and oxygen atoms in total. The smallest absolute Gasteiger partial charge is 0.203 e. The number of alkyl halides is 2. The molecule has 12 rings (SSSR count). The Morgan fingerprint density at radius 3 is 1.19 bits per heavy atom. The third kappa shape index (κ3) is 29.6. The zero-order chi connectivity index (χ0) is 88.1. The van der Waals surface area contributed by atoms with Crippen molar-refractivity contribution in [1.29, 1.82) is 0 Å². The predicted octanol–water partition coefficient (Wildman–Crippen LogP) is 16.2. The molecule has 7 aromatic heterocycles. The second-order valence-corrected chi connectivity index (χ2v) is 25.2. The summed E-state index contributed by atoms with van der Waals surface area (Å²) in [5.41, 5.74) is 8.11. The molecular formula is C88H102BrClN6O23. The van der Waals surface area contributed by atoms with Crippen LogP contribution in [0.3, 0.4) is 0 Å². The van der Waals surface area contributed by atoms with E-state index in [2.05, 4.69) is 35.7 Å². The van der Waals surface area contributed by atoms with Gasteiger partial charge in [0.2, 0.25) is 23.0 Å². The van der Waals surface area contributed by atoms with Crippen LogP contribution >= 0.6 is 27.5 Å². The van der Waals surface area contributed by atoms with Gasteiger partial charge < -0.3 is 99.2 Å². The fourth-order valence-electron chi connectivity index (χ4n) is 10.7. The summed E-state index contributed by atoms with van der Waals surface area (Å²) in [6.07, 6.45) is 15.5. The normalized spacial score (nSPS) is 10.4. The summed E-state index contributed by atoms with van der Waals surface area (Å²) in [7, 11) is 24.7. The second kappa shape index (κ2) is 52.6. The molecule has 0 atom stereocenters. The summed E-state index contributed by atoms with van der Waals surface area (Å²) in [6.45, 7) is 16.2. The van der Waals surface area contributed by atoms with Crippen LogP contribution in [0.1, 0.15) is 84.6 Å². The molecule has 119 heavy (non-hydrogen) atoms. The Morgan fingerprint density at radius 1 is 0.479 bits per heavy atom. The lowest BCUT2D eigenvalue weighted by molar-refractivity contribution is -0.114. The van der Waals surface area contributed by atoms with Crippen molar-refractivity contribution in [3.8, 4) is 97.7 Å². The van der Waals surface area contributed by atoms with E-state index in [4.69, 9.17) is 109 Å². The van der Waals surface area contributed by atoms with Crippen molar-refractivity contribution in [3.05, 3.63) is 221 Å². The highest BCUT2D eigenvalue weighted by atomic mass is 79.9. The van der Waals surface area contributed by atoms with E-state index in [9.17, 15) is 19.2 Å². The van der Waals surface area contributed by atoms with Gasteiger partial charge in [-0.05, 0) is 161 Å². The third-order valence-corrected chi connectivity index (χ3v) is 17.5. The first-order chi connectivity index (χ1) is 57.3. The highest BCUT2D eigenvalue weighted by molar-refractivity contribution is 9.09. The minimum atomic E-state index is -0.132. The van der Waals surface area contributed by atoms with Crippen molar-refractivity contribution in [2.45, 2.75) is 47.0 Å². The lowest BCUT2D eigenvalue weighted by Crippen LogP contribution is -2.07. The van der Waals surface area contributed by atoms with Gasteiger partial charge in [-0.1, -0.05) is 15.9 Å². The minimum Gasteiger partial charge on any atom is -0.506 e. The first-order valence-electron chi connectivity index (χ1n) is 36.1. The van der Waals surface area contributed by atoms with E-state index >= 15 is 0 Å². The van der Waals surface area contributed by atoms with Crippen LogP contribution in [0.2, 0.25) is 0 Å². The van der Waals surface area contributed by atoms with E-state index in [1.807, 2.05) is 90.8 Å². The maximum atomic E-state index is 13.2. The molecule has 0 radical (unpaired) electrons. The molecule has 0 amide bonds. The van der Waals surface area contributed by atoms with Crippen molar-refractivity contribution >= 4 is 73.7 Å². The fraction of sp³-hybridized carbons (Fsp3) is 0.307. The number of rotatable bonds is 25. The molecule has 1 aliphatic rings. The first-order valence-corrected chi connectivity index (χ1v) is 37.7. The number of aldehydes is 1. The molecule has 0 bridgehead atoms. The van der Waals surface area contributed by atoms with Gasteiger partial charge in [0, 0.05) is 64.9 Å². The van der Waals surface area contributed by atoms with Crippen LogP contribution in [-0.2, 0) is 20.7 Å². The average molecular weight is 1730 g/mol. The van der Waals surface area contributed by atoms with E-state index in [1.165, 1.54) is 111 Å². The molecule has 1 saturated heterocycles. The monoisotopic (exact) mass is 1720 g/mol. The number of hydrogen-bond donors (Lipinski definition) is 1. The highest BCUT2D eigenvalue weighted by Crippen LogP contribution is 2.43. The Hall–Kier alpha value is -13.0. The zero-order valence-electron chi connectivity index (χ0n) is 70.4. The topological polar surface area (TPSA) is 314 Å². The Morgan fingerprint density at radius 2 is 0.857 bits per heavy atom. The summed E-state index contributed by atoms with van der Waals surface area (Å²) in [5.74, 6) is 8.56. The largest absolute Gasteiger partial charge is 0.506 e. The number of benzene rings is 4. The number of hydrogen-bond acceptors (Lipinski definition) is 26. The fourth-order valence-corrected chi connectivity index (χ4v) is 10.7. The van der Waals surface area contributed by atoms with Gasteiger partial charge in [-0.25, -0.2) is 4.85 Å². The van der Waals surface area contributed by atoms with E-state index in [-0.39, 0.29) is 41.2 Å². The summed E-state index contributed by atoms with van der Waals surface area (Å²) >= 11 is 7.78. The minimum absolute atomic E-state index is 0.0954. The number of nitrogens with zero attached hydrogens (tertiary/aromatic N) is 6. The van der Waals surface area contributed by atoms with Gasteiger partial charge in [-0.15, -0.1) is 11.6 Å². The maximum Gasteiger partial charge on any atom is 0.203 e. The SMILES string of the molecule is C1CCOC1.CC(=O)CBr.COc1ccc(C)nc1.COc1ccc(CC(=O)c2cc(OC)c(OC)c(OC)c2)nc1.COc1ccc2c(C(=O)c3cc(OC)c(OC)c(OC)c3)c(C)cn2c1.COc1ccc2c(C(=O)c3cc(OC)c(OC)c(OC)c3)ccn2c1.Cc1ccc(O)cn1.O=CCCl.[C-]#[N+]c1cc(OC)c(OC)c(OC)c1. The molecule has 4 aromatic carbocycles. The molecule has 0 saturated carbocycles. The van der Waals surface area contributed by atoms with Crippen LogP contribution < -0.4 is 75.8 Å². The van der Waals surface area contributed by atoms with Crippen molar-refractivity contribution < 1.29 is 110 Å². The molecule has 0 unspecified atom stereocenters. The van der Waals surface area contributed by atoms with Crippen molar-refractivity contribution in [2.75, 3.05) is 138 Å². The number of ether oxygens (including phenoxy) is 17. The zero-order valence-corrected chi connectivity index (χ0v) is 72.7. The highest BCUT2D eigenvalue weighted by Gasteiger charge is 2.25. The lowest BCUT2D eigenvalue weighted by Gasteiger charge is -2.14. The average Bonchev–Trinajstić information content (AvgIpc) is 1.64. The van der Waals surface area contributed by atoms with E-state index < -0.39 is 0 Å². The second-order valence-electron chi connectivity index (χ2n) is 24.3. The summed E-state index contributed by atoms with van der Waals surface area (Å²) in [6, 6.07) is 33.0. The number of fused-ring (bicyclic) bond motifs is 2. The Kier molecular flexibility index (Phi) is 43.5. The molecule has 1 fully saturated rings. The van der Waals surface area contributed by atoms with Crippen molar-refractivity contribution in [1.82, 2.24) is 23.8 Å². The summed E-state index contributed by atoms with van der Waals surface area (Å²) in [4.78, 5) is 72.9. The number of halogens is 2. The molecule has 1 aliphatic heterocycles. The van der Waals surface area contributed by atoms with Gasteiger partial charge >= 0.3 is 0 Å². The predicted molar refractivity (Wildman–Crippen MR) is 456 cm³/mol. The van der Waals surface area contributed by atoms with Crippen LogP contribution in [0.5, 0.6) is 97.7 Å². The maximum absolute atomic E-state index is 13.2. The van der Waals surface area contributed by atoms with Gasteiger partial charge in [-0.2, -0.15) is 0 Å². The van der Waals surface area contributed by atoms with Crippen LogP contribution in [-0.4, -0.2) is 196 Å². The molecule has 31 heteroatoms. The van der Waals surface area contributed by atoms with Gasteiger partial charge in [0.15, 0.2) is 69.0 Å². The molecular weight excluding hydrogens is 1620 g/mol. The number of ketones is 4. The van der Waals surface area contributed by atoms with E-state index in [0.29, 0.717) is 126 Å². The molecule has 11 aromatic rings. The van der Waals surface area contributed by atoms with Gasteiger partial charge in [0.25, 0.3) is 0 Å². The van der Waals surface area contributed by atoms with E-state index in [0.717, 1.165) is 58.4 Å². The number of aryl methyl sites for hydroxylation is 3. The van der Waals surface area contributed by atoms with Gasteiger partial charge in [-0.3, -0.25) is 34.1 Å². The quantitative estimate of drug-likeness (QED) is 0.0240. The number of aromatic nitrogens is 5. The number of carbonyl (C=O) groups is 5. The standard InChI is InChI=1S/C20H21NO5.C19H19NO5.C17H19NO5.C10H11NO3.C7H9NO.C6H7NO.C4H8O.C3H5BrO.C2H3ClO/c1-12-10-21-11-14(23-2)6-7-15(21)18(12)19(22)13-8-16(24-3)20(26-5)17(9-13)25-4;1-22-13-5-6-15-14(7-8-20(15)11-13)18(21)12-9-16(23-2)19(25-4)17(10-12)24-3;1-20-13-6-5-12(18-10-13)9-14(19)11-7-15(21-2)17(23-4)16(8-11)22-3;1-11-7-5-8(12-2)10(14-4)9(6-7)13-3;1-6-3-4-7(9-2)5-8-6;1-5-2-3-6(8)4-7-5;1-2-4-5-3-1;1-3(5)2-4;3-1-2-4/h6-11H,1-5H3;5-11H,1-4H3;5-8,10H,9H2,1-4H3;5-6H,2-4H3;3-5H,1-2H3;2-4,8H,1H3;1-4H2;2H2,1H3;2H,1H2. The van der Waals surface area contributed by atoms with Gasteiger partial charge in [0.05, 0.1) is 186 Å². The van der Waals surface area contributed by atoms with Gasteiger partial charge in [0.1, 0.15) is 40.8 Å². The molecule has 0 aliphatic carbocycles. The third-order valence-electron chi connectivity index (χ3n) is 16.6. The lowest BCUT2D eigenvalue weighted by atomic mass is 10.0. The molecule has 0 spiro atoms. The van der Waals surface area contributed by atoms with Crippen LogP contribution in [0, 0.1) is 27.3 Å². The van der Waals surface area contributed by atoms with Crippen molar-refractivity contribution in [3.63, 3.8) is 0 Å². The Balaban J connectivity index is 0.000000300.